The maximum Gasteiger partial charge on any atom is 0.336 e. The zero-order valence-corrected chi connectivity index (χ0v) is 10.6. The van der Waals surface area contributed by atoms with Crippen molar-refractivity contribution in [2.45, 2.75) is 6.61 Å². The van der Waals surface area contributed by atoms with Gasteiger partial charge in [0.1, 0.15) is 18.1 Å². The van der Waals surface area contributed by atoms with E-state index in [0.717, 1.165) is 11.1 Å². The molecule has 0 unspecified atom stereocenters. The summed E-state index contributed by atoms with van der Waals surface area (Å²) in [7, 11) is 0. The van der Waals surface area contributed by atoms with Crippen molar-refractivity contribution < 1.29 is 19.1 Å². The zero-order chi connectivity index (χ0) is 13.9. The molecule has 1 heterocycles. The Hall–Kier alpha value is -2.75. The fraction of sp³-hybridized carbons (Fsp3) is 0.0625. The number of rotatable bonds is 4. The maximum atomic E-state index is 11.2. The van der Waals surface area contributed by atoms with E-state index < -0.39 is 5.97 Å². The molecule has 0 radical (unpaired) electrons. The van der Waals surface area contributed by atoms with Crippen molar-refractivity contribution in [3.63, 3.8) is 0 Å². The summed E-state index contributed by atoms with van der Waals surface area (Å²) in [5.41, 5.74) is 0.269. The van der Waals surface area contributed by atoms with Crippen LogP contribution in [0.5, 0.6) is 5.75 Å². The van der Waals surface area contributed by atoms with Crippen molar-refractivity contribution in [2.75, 3.05) is 0 Å². The fourth-order valence-corrected chi connectivity index (χ4v) is 2.13. The Bertz CT molecular complexity index is 744. The Kier molecular flexibility index (Phi) is 3.13. The smallest absolute Gasteiger partial charge is 0.336 e. The molecule has 100 valence electrons. The molecule has 0 aliphatic heterocycles. The Morgan fingerprint density at radius 1 is 1.05 bits per heavy atom. The molecule has 1 aromatic heterocycles. The SMILES string of the molecule is O=C(O)c1ccc(OCc2ccco2)c2ccccc12. The molecule has 0 bridgehead atoms. The minimum atomic E-state index is -0.946. The van der Waals surface area contributed by atoms with E-state index >= 15 is 0 Å². The molecule has 0 amide bonds. The van der Waals surface area contributed by atoms with Crippen molar-refractivity contribution in [2.24, 2.45) is 0 Å². The van der Waals surface area contributed by atoms with Crippen LogP contribution >= 0.6 is 0 Å². The van der Waals surface area contributed by atoms with Gasteiger partial charge in [-0.05, 0) is 29.7 Å². The van der Waals surface area contributed by atoms with E-state index in [0.29, 0.717) is 17.7 Å². The first-order valence-corrected chi connectivity index (χ1v) is 6.16. The lowest BCUT2D eigenvalue weighted by atomic mass is 10.0. The van der Waals surface area contributed by atoms with E-state index in [-0.39, 0.29) is 5.56 Å². The number of hydrogen-bond donors (Lipinski definition) is 1. The third kappa shape index (κ3) is 2.23. The third-order valence-corrected chi connectivity index (χ3v) is 3.06. The number of hydrogen-bond acceptors (Lipinski definition) is 3. The van der Waals surface area contributed by atoms with Crippen LogP contribution in [0, 0.1) is 0 Å². The van der Waals surface area contributed by atoms with E-state index in [2.05, 4.69) is 0 Å². The van der Waals surface area contributed by atoms with E-state index in [1.807, 2.05) is 24.3 Å². The molecule has 2 aromatic carbocycles. The highest BCUT2D eigenvalue weighted by atomic mass is 16.5. The van der Waals surface area contributed by atoms with Gasteiger partial charge >= 0.3 is 5.97 Å². The van der Waals surface area contributed by atoms with Crippen LogP contribution in [0.25, 0.3) is 10.8 Å². The largest absolute Gasteiger partial charge is 0.485 e. The number of aromatic carboxylic acids is 1. The average molecular weight is 268 g/mol. The van der Waals surface area contributed by atoms with Gasteiger partial charge in [-0.2, -0.15) is 0 Å². The molecule has 0 aliphatic rings. The zero-order valence-electron chi connectivity index (χ0n) is 10.6. The van der Waals surface area contributed by atoms with Crippen LogP contribution < -0.4 is 4.74 Å². The van der Waals surface area contributed by atoms with Crippen LogP contribution in [0.15, 0.2) is 59.2 Å². The van der Waals surface area contributed by atoms with E-state index in [1.54, 1.807) is 30.5 Å². The second kappa shape index (κ2) is 5.09. The van der Waals surface area contributed by atoms with E-state index in [1.165, 1.54) is 0 Å². The summed E-state index contributed by atoms with van der Waals surface area (Å²) in [6.45, 7) is 0.309. The van der Waals surface area contributed by atoms with Crippen LogP contribution in [0.3, 0.4) is 0 Å². The Balaban J connectivity index is 1.99. The second-order valence-corrected chi connectivity index (χ2v) is 4.33. The molecule has 0 fully saturated rings. The number of benzene rings is 2. The number of carboxylic acid groups (broad SMARTS) is 1. The maximum absolute atomic E-state index is 11.2. The summed E-state index contributed by atoms with van der Waals surface area (Å²) in [6.07, 6.45) is 1.59. The van der Waals surface area contributed by atoms with Gasteiger partial charge in [0.05, 0.1) is 11.8 Å². The molecule has 0 saturated carbocycles. The molecule has 4 heteroatoms. The summed E-state index contributed by atoms with van der Waals surface area (Å²) < 4.78 is 10.9. The summed E-state index contributed by atoms with van der Waals surface area (Å²) in [6, 6.07) is 14.1. The van der Waals surface area contributed by atoms with Gasteiger partial charge in [0.2, 0.25) is 0 Å². The molecule has 3 rings (SSSR count). The molecule has 3 aromatic rings. The molecular weight excluding hydrogens is 256 g/mol. The lowest BCUT2D eigenvalue weighted by molar-refractivity contribution is 0.0699. The highest BCUT2D eigenvalue weighted by molar-refractivity contribution is 6.05. The monoisotopic (exact) mass is 268 g/mol. The molecule has 0 atom stereocenters. The fourth-order valence-electron chi connectivity index (χ4n) is 2.13. The molecule has 0 aliphatic carbocycles. The number of fused-ring (bicyclic) bond motifs is 1. The van der Waals surface area contributed by atoms with E-state index in [4.69, 9.17) is 9.15 Å². The van der Waals surface area contributed by atoms with Crippen LogP contribution in [-0.4, -0.2) is 11.1 Å². The van der Waals surface area contributed by atoms with Crippen molar-refractivity contribution in [3.8, 4) is 5.75 Å². The van der Waals surface area contributed by atoms with Crippen LogP contribution in [0.1, 0.15) is 16.1 Å². The standard InChI is InChI=1S/C16H12O4/c17-16(18)14-7-8-15(13-6-2-1-5-12(13)14)20-10-11-4-3-9-19-11/h1-9H,10H2,(H,17,18). The summed E-state index contributed by atoms with van der Waals surface area (Å²) in [5.74, 6) is 0.414. The average Bonchev–Trinajstić information content (AvgIpc) is 2.97. The predicted octanol–water partition coefficient (Wildman–Crippen LogP) is 3.71. The lowest BCUT2D eigenvalue weighted by Gasteiger charge is -2.10. The number of carboxylic acids is 1. The molecule has 0 saturated heterocycles. The Labute approximate surface area is 115 Å². The summed E-state index contributed by atoms with van der Waals surface area (Å²) in [5, 5.41) is 10.6. The van der Waals surface area contributed by atoms with Gasteiger partial charge in [-0.1, -0.05) is 24.3 Å². The first kappa shape index (κ1) is 12.3. The topological polar surface area (TPSA) is 59.7 Å². The molecule has 1 N–H and O–H groups in total. The highest BCUT2D eigenvalue weighted by Gasteiger charge is 2.11. The van der Waals surface area contributed by atoms with Gasteiger partial charge in [-0.15, -0.1) is 0 Å². The Morgan fingerprint density at radius 3 is 2.55 bits per heavy atom. The summed E-state index contributed by atoms with van der Waals surface area (Å²) in [4.78, 5) is 11.2. The minimum Gasteiger partial charge on any atom is -0.485 e. The van der Waals surface area contributed by atoms with Gasteiger partial charge in [0, 0.05) is 5.39 Å². The van der Waals surface area contributed by atoms with Gasteiger partial charge in [0.25, 0.3) is 0 Å². The molecular formula is C16H12O4. The first-order valence-electron chi connectivity index (χ1n) is 6.16. The van der Waals surface area contributed by atoms with Crippen LogP contribution in [0.2, 0.25) is 0 Å². The quantitative estimate of drug-likeness (QED) is 0.783. The minimum absolute atomic E-state index is 0.269. The predicted molar refractivity (Wildman–Crippen MR) is 73.9 cm³/mol. The van der Waals surface area contributed by atoms with E-state index in [9.17, 15) is 9.90 Å². The summed E-state index contributed by atoms with van der Waals surface area (Å²) >= 11 is 0. The number of furan rings is 1. The van der Waals surface area contributed by atoms with Crippen molar-refractivity contribution in [1.29, 1.82) is 0 Å². The molecule has 0 spiro atoms. The van der Waals surface area contributed by atoms with Crippen LogP contribution in [-0.2, 0) is 6.61 Å². The van der Waals surface area contributed by atoms with Crippen LogP contribution in [0.4, 0.5) is 0 Å². The molecule has 4 nitrogen and oxygen atoms in total. The third-order valence-electron chi connectivity index (χ3n) is 3.06. The highest BCUT2D eigenvalue weighted by Crippen LogP contribution is 2.29. The first-order chi connectivity index (χ1) is 9.75. The van der Waals surface area contributed by atoms with Gasteiger partial charge < -0.3 is 14.3 Å². The van der Waals surface area contributed by atoms with Crippen molar-refractivity contribution >= 4 is 16.7 Å². The van der Waals surface area contributed by atoms with Crippen molar-refractivity contribution in [1.82, 2.24) is 0 Å². The Morgan fingerprint density at radius 2 is 1.85 bits per heavy atom. The second-order valence-electron chi connectivity index (χ2n) is 4.33. The number of carbonyl (C=O) groups is 1. The van der Waals surface area contributed by atoms with Gasteiger partial charge in [0.15, 0.2) is 0 Å². The van der Waals surface area contributed by atoms with Gasteiger partial charge in [-0.3, -0.25) is 0 Å². The van der Waals surface area contributed by atoms with Gasteiger partial charge in [-0.25, -0.2) is 4.79 Å². The van der Waals surface area contributed by atoms with Crippen molar-refractivity contribution in [3.05, 3.63) is 66.1 Å². The molecule has 20 heavy (non-hydrogen) atoms. The normalized spacial score (nSPS) is 10.6. The number of ether oxygens (including phenoxy) is 1. The lowest BCUT2D eigenvalue weighted by Crippen LogP contribution is -2.00.